The number of benzene rings is 1. The van der Waals surface area contributed by atoms with E-state index >= 15 is 0 Å². The highest BCUT2D eigenvalue weighted by atomic mass is 16.7. The van der Waals surface area contributed by atoms with Gasteiger partial charge >= 0.3 is 40.2 Å². The van der Waals surface area contributed by atoms with Crippen molar-refractivity contribution in [2.45, 2.75) is 6.92 Å². The summed E-state index contributed by atoms with van der Waals surface area (Å²) in [7, 11) is 0. The van der Waals surface area contributed by atoms with Crippen LogP contribution in [0.2, 0.25) is 0 Å². The zero-order chi connectivity index (χ0) is 19.6. The molecule has 25 heavy (non-hydrogen) atoms. The van der Waals surface area contributed by atoms with Crippen LogP contribution in [-0.4, -0.2) is 30.6 Å². The van der Waals surface area contributed by atoms with Crippen LogP contribution in [0.3, 0.4) is 0 Å². The number of hydrogen-bond donors (Lipinski definition) is 0. The molecule has 0 radical (unpaired) electrons. The summed E-state index contributed by atoms with van der Waals surface area (Å²) in [5, 5.41) is 55.1. The second kappa shape index (κ2) is 6.44. The minimum absolute atomic E-state index is 0.590. The van der Waals surface area contributed by atoms with Crippen LogP contribution in [0.4, 0.5) is 28.4 Å². The van der Waals surface area contributed by atoms with Crippen molar-refractivity contribution in [2.24, 2.45) is 0 Å². The van der Waals surface area contributed by atoms with Gasteiger partial charge in [-0.3, -0.25) is 55.4 Å². The number of carbonyl (C=O) groups excluding carboxylic acids is 1. The van der Waals surface area contributed by atoms with E-state index in [-0.39, 0.29) is 0 Å². The Hall–Kier alpha value is -4.31. The van der Waals surface area contributed by atoms with Gasteiger partial charge in [0.15, 0.2) is 0 Å². The summed E-state index contributed by atoms with van der Waals surface area (Å²) in [6, 6.07) is 0. The fraction of sp³-hybridized carbons (Fsp3) is 0.125. The molecule has 0 atom stereocenters. The summed E-state index contributed by atoms with van der Waals surface area (Å²) in [6.45, 7) is 0.590. The summed E-state index contributed by atoms with van der Waals surface area (Å²) < 4.78 is 4.16. The highest BCUT2D eigenvalue weighted by molar-refractivity contribution is 5.90. The molecular weight excluding hydrogens is 358 g/mol. The Morgan fingerprint density at radius 2 is 0.880 bits per heavy atom. The first-order chi connectivity index (χ1) is 11.4. The van der Waals surface area contributed by atoms with Crippen LogP contribution < -0.4 is 4.74 Å². The quantitative estimate of drug-likeness (QED) is 0.299. The lowest BCUT2D eigenvalue weighted by atomic mass is 10.1. The fourth-order valence-electron chi connectivity index (χ4n) is 1.76. The second-order valence-corrected chi connectivity index (χ2v) is 3.95. The molecule has 0 unspecified atom stereocenters. The standard InChI is InChI=1S/C8H3N5O12/c1-2(14)25-8-6(12(21)22)4(10(17)18)3(9(15)16)5(11(19)20)7(8)13(23)24/h1H3. The van der Waals surface area contributed by atoms with E-state index in [9.17, 15) is 55.4 Å². The minimum Gasteiger partial charge on any atom is -0.412 e. The van der Waals surface area contributed by atoms with Crippen molar-refractivity contribution in [3.63, 3.8) is 0 Å². The van der Waals surface area contributed by atoms with Crippen molar-refractivity contribution in [1.82, 2.24) is 0 Å². The number of nitro benzene ring substituents is 5. The molecule has 1 aromatic carbocycles. The third-order valence-corrected chi connectivity index (χ3v) is 2.49. The highest BCUT2D eigenvalue weighted by Gasteiger charge is 2.55. The van der Waals surface area contributed by atoms with Crippen molar-refractivity contribution >= 4 is 34.4 Å². The molecule has 0 aliphatic rings. The van der Waals surface area contributed by atoms with Gasteiger partial charge in [-0.1, -0.05) is 0 Å². The normalized spacial score (nSPS) is 9.96. The number of carbonyl (C=O) groups is 1. The van der Waals surface area contributed by atoms with E-state index in [2.05, 4.69) is 4.74 Å². The van der Waals surface area contributed by atoms with Crippen LogP contribution in [0.1, 0.15) is 6.92 Å². The Labute approximate surface area is 133 Å². The van der Waals surface area contributed by atoms with Crippen molar-refractivity contribution in [2.75, 3.05) is 0 Å². The molecule has 0 bridgehead atoms. The van der Waals surface area contributed by atoms with E-state index in [1.54, 1.807) is 0 Å². The Morgan fingerprint density at radius 3 is 1.08 bits per heavy atom. The molecule has 0 spiro atoms. The molecule has 1 aromatic rings. The van der Waals surface area contributed by atoms with Gasteiger partial charge in [-0.05, 0) is 0 Å². The van der Waals surface area contributed by atoms with Crippen LogP contribution in [0.5, 0.6) is 5.75 Å². The van der Waals surface area contributed by atoms with Crippen molar-refractivity contribution in [3.8, 4) is 5.75 Å². The first kappa shape index (κ1) is 18.7. The summed E-state index contributed by atoms with van der Waals surface area (Å²) in [4.78, 5) is 57.6. The largest absolute Gasteiger partial charge is 0.437 e. The molecule has 132 valence electrons. The Bertz CT molecular complexity index is 807. The molecule has 0 aliphatic carbocycles. The van der Waals surface area contributed by atoms with Gasteiger partial charge in [0.1, 0.15) is 0 Å². The van der Waals surface area contributed by atoms with E-state index in [0.29, 0.717) is 6.92 Å². The van der Waals surface area contributed by atoms with Gasteiger partial charge in [0.05, 0.1) is 24.6 Å². The molecule has 17 nitrogen and oxygen atoms in total. The molecule has 0 N–H and O–H groups in total. The maximum absolute atomic E-state index is 11.1. The zero-order valence-electron chi connectivity index (χ0n) is 11.6. The first-order valence-corrected chi connectivity index (χ1v) is 5.56. The second-order valence-electron chi connectivity index (χ2n) is 3.95. The number of ether oxygens (including phenoxy) is 1. The average Bonchev–Trinajstić information content (AvgIpc) is 2.43. The van der Waals surface area contributed by atoms with Crippen LogP contribution in [0.15, 0.2) is 0 Å². The lowest BCUT2D eigenvalue weighted by Gasteiger charge is -2.05. The maximum Gasteiger partial charge on any atom is 0.437 e. The van der Waals surface area contributed by atoms with E-state index in [1.165, 1.54) is 0 Å². The van der Waals surface area contributed by atoms with Crippen LogP contribution in [-0.2, 0) is 4.79 Å². The molecule has 0 aromatic heterocycles. The molecule has 0 fully saturated rings. The number of nitro groups is 5. The predicted molar refractivity (Wildman–Crippen MR) is 71.0 cm³/mol. The van der Waals surface area contributed by atoms with E-state index in [4.69, 9.17) is 0 Å². The smallest absolute Gasteiger partial charge is 0.412 e. The van der Waals surface area contributed by atoms with Crippen LogP contribution >= 0.6 is 0 Å². The molecule has 0 amide bonds. The van der Waals surface area contributed by atoms with Gasteiger partial charge in [-0.25, -0.2) is 0 Å². The molecule has 1 rings (SSSR count). The summed E-state index contributed by atoms with van der Waals surface area (Å²) >= 11 is 0. The van der Waals surface area contributed by atoms with Crippen molar-refractivity contribution in [3.05, 3.63) is 50.6 Å². The molecule has 0 saturated heterocycles. The van der Waals surface area contributed by atoms with E-state index in [0.717, 1.165) is 0 Å². The fourth-order valence-corrected chi connectivity index (χ4v) is 1.76. The average molecular weight is 361 g/mol. The molecule has 17 heteroatoms. The van der Waals surface area contributed by atoms with Crippen LogP contribution in [0.25, 0.3) is 0 Å². The summed E-state index contributed by atoms with van der Waals surface area (Å²) in [5.41, 5.74) is -10.1. The predicted octanol–water partition coefficient (Wildman–Crippen LogP) is 1.15. The van der Waals surface area contributed by atoms with Gasteiger partial charge in [-0.15, -0.1) is 0 Å². The molecule has 0 heterocycles. The number of esters is 1. The van der Waals surface area contributed by atoms with E-state index in [1.807, 2.05) is 0 Å². The summed E-state index contributed by atoms with van der Waals surface area (Å²) in [5.74, 6) is -3.21. The lowest BCUT2D eigenvalue weighted by molar-refractivity contribution is -0.460. The van der Waals surface area contributed by atoms with Gasteiger partial charge in [0.25, 0.3) is 0 Å². The monoisotopic (exact) mass is 361 g/mol. The molecular formula is C8H3N5O12. The molecule has 0 saturated carbocycles. The van der Waals surface area contributed by atoms with Crippen molar-refractivity contribution < 1.29 is 34.1 Å². The number of rotatable bonds is 6. The van der Waals surface area contributed by atoms with Gasteiger partial charge < -0.3 is 4.74 Å². The third kappa shape index (κ3) is 3.23. The first-order valence-electron chi connectivity index (χ1n) is 5.56. The summed E-state index contributed by atoms with van der Waals surface area (Å²) in [6.07, 6.45) is 0. The minimum atomic E-state index is -2.09. The number of hydrogen-bond acceptors (Lipinski definition) is 12. The zero-order valence-corrected chi connectivity index (χ0v) is 11.6. The van der Waals surface area contributed by atoms with E-state index < -0.39 is 64.8 Å². The Balaban J connectivity index is 4.41. The Kier molecular flexibility index (Phi) is 4.82. The Morgan fingerprint density at radius 1 is 0.640 bits per heavy atom. The van der Waals surface area contributed by atoms with Crippen molar-refractivity contribution in [1.29, 1.82) is 0 Å². The topological polar surface area (TPSA) is 242 Å². The van der Waals surface area contributed by atoms with Gasteiger partial charge in [0, 0.05) is 6.92 Å². The highest BCUT2D eigenvalue weighted by Crippen LogP contribution is 2.55. The lowest BCUT2D eigenvalue weighted by Crippen LogP contribution is -2.12. The third-order valence-electron chi connectivity index (χ3n) is 2.49. The van der Waals surface area contributed by atoms with Gasteiger partial charge in [-0.2, -0.15) is 0 Å². The number of nitrogens with zero attached hydrogens (tertiary/aromatic N) is 5. The molecule has 0 aliphatic heterocycles. The van der Waals surface area contributed by atoms with Crippen LogP contribution in [0, 0.1) is 50.6 Å². The maximum atomic E-state index is 11.1. The van der Waals surface area contributed by atoms with Gasteiger partial charge in [0.2, 0.25) is 0 Å². The SMILES string of the molecule is CC(=O)Oc1c([N+](=O)[O-])c([N+](=O)[O-])c([N+](=O)[O-])c([N+](=O)[O-])c1[N+](=O)[O-].